The normalized spacial score (nSPS) is 33.7. The maximum Gasteiger partial charge on any atom is 0.229 e. The highest BCUT2D eigenvalue weighted by atomic mass is 16.5. The molecule has 0 bridgehead atoms. The maximum atomic E-state index is 12.8. The third-order valence-electron chi connectivity index (χ3n) is 8.66. The molecule has 1 aliphatic carbocycles. The summed E-state index contributed by atoms with van der Waals surface area (Å²) in [6.07, 6.45) is 3.32. The zero-order valence-electron chi connectivity index (χ0n) is 20.0. The number of aliphatic hydroxyl groups excluding tert-OH is 1. The summed E-state index contributed by atoms with van der Waals surface area (Å²) >= 11 is 0. The van der Waals surface area contributed by atoms with Crippen LogP contribution in [-0.2, 0) is 14.3 Å². The summed E-state index contributed by atoms with van der Waals surface area (Å²) < 4.78 is 11.1. The molecule has 1 saturated carbocycles. The first-order valence-corrected chi connectivity index (χ1v) is 12.4. The Morgan fingerprint density at radius 3 is 2.68 bits per heavy atom. The van der Waals surface area contributed by atoms with Crippen molar-refractivity contribution in [2.24, 2.45) is 11.3 Å². The molecule has 1 aromatic heterocycles. The van der Waals surface area contributed by atoms with Crippen molar-refractivity contribution >= 4 is 28.2 Å². The Bertz CT molecular complexity index is 1110. The second-order valence-corrected chi connectivity index (χ2v) is 10.8. The lowest BCUT2D eigenvalue weighted by molar-refractivity contribution is -0.118. The van der Waals surface area contributed by atoms with Gasteiger partial charge in [0, 0.05) is 61.4 Å². The number of carbonyl (C=O) groups excluding carboxylic acids is 1. The Labute approximate surface area is 200 Å². The molecular formula is C26H34N4O4. The first-order chi connectivity index (χ1) is 16.4. The number of nitrogens with zero attached hydrogens (tertiary/aromatic N) is 3. The number of rotatable bonds is 4. The topological polar surface area (TPSA) is 87.2 Å². The minimum atomic E-state index is -0.436. The Hall–Kier alpha value is -2.26. The second kappa shape index (κ2) is 8.16. The molecular weight excluding hydrogens is 432 g/mol. The number of aryl methyl sites for hydroxylation is 1. The van der Waals surface area contributed by atoms with Gasteiger partial charge < -0.3 is 24.8 Å². The number of fused-ring (bicyclic) bond motifs is 1. The van der Waals surface area contributed by atoms with Crippen LogP contribution in [0.3, 0.4) is 0 Å². The van der Waals surface area contributed by atoms with Crippen LogP contribution in [0.15, 0.2) is 24.4 Å². The summed E-state index contributed by atoms with van der Waals surface area (Å²) in [5.41, 5.74) is 2.21. The number of anilines is 2. The molecule has 1 spiro atoms. The Kier molecular flexibility index (Phi) is 5.33. The lowest BCUT2D eigenvalue weighted by Crippen LogP contribution is -2.60. The number of ether oxygens (including phenoxy) is 2. The van der Waals surface area contributed by atoms with Crippen LogP contribution >= 0.6 is 0 Å². The molecule has 0 unspecified atom stereocenters. The Balaban J connectivity index is 1.16. The van der Waals surface area contributed by atoms with Gasteiger partial charge in [-0.05, 0) is 55.8 Å². The number of aromatic nitrogens is 1. The van der Waals surface area contributed by atoms with Gasteiger partial charge in [0.25, 0.3) is 0 Å². The number of piperazine rings is 1. The first-order valence-electron chi connectivity index (χ1n) is 12.4. The van der Waals surface area contributed by atoms with Gasteiger partial charge in [-0.1, -0.05) is 0 Å². The van der Waals surface area contributed by atoms with Gasteiger partial charge >= 0.3 is 0 Å². The molecule has 34 heavy (non-hydrogen) atoms. The number of pyridine rings is 1. The molecule has 0 radical (unpaired) electrons. The molecule has 4 aliphatic rings. The summed E-state index contributed by atoms with van der Waals surface area (Å²) in [5, 5.41) is 15.6. The van der Waals surface area contributed by atoms with Crippen molar-refractivity contribution < 1.29 is 19.4 Å². The largest absolute Gasteiger partial charge is 0.389 e. The molecule has 8 nitrogen and oxygen atoms in total. The van der Waals surface area contributed by atoms with E-state index in [1.165, 1.54) is 11.3 Å². The molecule has 3 saturated heterocycles. The summed E-state index contributed by atoms with van der Waals surface area (Å²) in [7, 11) is 0. The van der Waals surface area contributed by atoms with E-state index >= 15 is 0 Å². The van der Waals surface area contributed by atoms with E-state index in [9.17, 15) is 9.90 Å². The number of carbonyl (C=O) groups is 1. The van der Waals surface area contributed by atoms with Crippen molar-refractivity contribution in [1.29, 1.82) is 0 Å². The Morgan fingerprint density at radius 1 is 1.15 bits per heavy atom. The summed E-state index contributed by atoms with van der Waals surface area (Å²) in [6.45, 7) is 10.3. The number of benzene rings is 1. The highest BCUT2D eigenvalue weighted by Crippen LogP contribution is 2.58. The fourth-order valence-electron chi connectivity index (χ4n) is 6.11. The molecule has 6 rings (SSSR count). The fraction of sp³-hybridized carbons (Fsp3) is 0.615. The monoisotopic (exact) mass is 466 g/mol. The number of aliphatic hydroxyl groups is 1. The second-order valence-electron chi connectivity index (χ2n) is 10.8. The highest BCUT2D eigenvalue weighted by Gasteiger charge is 2.59. The predicted molar refractivity (Wildman–Crippen MR) is 130 cm³/mol. The molecule has 2 aromatic rings. The van der Waals surface area contributed by atoms with Crippen LogP contribution in [0, 0.1) is 18.3 Å². The molecule has 1 amide bonds. The third kappa shape index (κ3) is 3.68. The van der Waals surface area contributed by atoms with Gasteiger partial charge in [-0.25, -0.2) is 4.98 Å². The van der Waals surface area contributed by atoms with E-state index in [0.717, 1.165) is 56.4 Å². The molecule has 4 heterocycles. The number of amides is 1. The molecule has 4 atom stereocenters. The average Bonchev–Trinajstić information content (AvgIpc) is 3.14. The van der Waals surface area contributed by atoms with Crippen LogP contribution in [0.1, 0.15) is 25.3 Å². The van der Waals surface area contributed by atoms with Gasteiger partial charge in [-0.15, -0.1) is 0 Å². The van der Waals surface area contributed by atoms with E-state index in [1.807, 2.05) is 12.3 Å². The van der Waals surface area contributed by atoms with Crippen molar-refractivity contribution in [3.8, 4) is 0 Å². The lowest BCUT2D eigenvalue weighted by Gasteiger charge is -2.45. The van der Waals surface area contributed by atoms with Crippen LogP contribution < -0.4 is 10.2 Å². The fourth-order valence-corrected chi connectivity index (χ4v) is 6.11. The predicted octanol–water partition coefficient (Wildman–Crippen LogP) is 2.18. The van der Waals surface area contributed by atoms with Crippen molar-refractivity contribution in [3.05, 3.63) is 30.0 Å². The van der Waals surface area contributed by atoms with Crippen LogP contribution in [0.4, 0.5) is 11.5 Å². The van der Waals surface area contributed by atoms with Gasteiger partial charge in [0.15, 0.2) is 0 Å². The minimum Gasteiger partial charge on any atom is -0.389 e. The number of hydrogen-bond acceptors (Lipinski definition) is 7. The zero-order valence-corrected chi connectivity index (χ0v) is 20.0. The van der Waals surface area contributed by atoms with Gasteiger partial charge in [0.05, 0.1) is 31.5 Å². The maximum absolute atomic E-state index is 12.8. The van der Waals surface area contributed by atoms with E-state index in [-0.39, 0.29) is 22.8 Å². The molecule has 3 aliphatic heterocycles. The zero-order chi connectivity index (χ0) is 23.5. The van der Waals surface area contributed by atoms with Crippen LogP contribution in [0.5, 0.6) is 0 Å². The SMILES string of the molecule is Cc1cc2cnc(NC(=O)[C@@H]3C[C@]34CCOC4)cc2cc1N1CCN([C@]2(C)COC[C@@H]2O)CC1. The smallest absolute Gasteiger partial charge is 0.229 e. The van der Waals surface area contributed by atoms with Crippen LogP contribution in [-0.4, -0.2) is 85.1 Å². The summed E-state index contributed by atoms with van der Waals surface area (Å²) in [5.74, 6) is 0.719. The summed E-state index contributed by atoms with van der Waals surface area (Å²) in [6, 6.07) is 6.38. The number of hydrogen-bond donors (Lipinski definition) is 2. The van der Waals surface area contributed by atoms with Crippen molar-refractivity contribution in [2.45, 2.75) is 38.3 Å². The van der Waals surface area contributed by atoms with E-state index < -0.39 is 6.10 Å². The molecule has 2 N–H and O–H groups in total. The van der Waals surface area contributed by atoms with E-state index in [0.29, 0.717) is 25.6 Å². The van der Waals surface area contributed by atoms with Gasteiger partial charge in [0.2, 0.25) is 5.91 Å². The third-order valence-corrected chi connectivity index (χ3v) is 8.66. The number of nitrogens with one attached hydrogen (secondary N) is 1. The lowest BCUT2D eigenvalue weighted by atomic mass is 9.95. The molecule has 182 valence electrons. The van der Waals surface area contributed by atoms with Crippen molar-refractivity contribution in [3.63, 3.8) is 0 Å². The summed E-state index contributed by atoms with van der Waals surface area (Å²) in [4.78, 5) is 22.1. The quantitative estimate of drug-likeness (QED) is 0.714. The first kappa shape index (κ1) is 22.2. The van der Waals surface area contributed by atoms with E-state index in [1.54, 1.807) is 0 Å². The highest BCUT2D eigenvalue weighted by molar-refractivity contribution is 5.97. The van der Waals surface area contributed by atoms with Crippen molar-refractivity contribution in [2.75, 3.05) is 62.8 Å². The van der Waals surface area contributed by atoms with E-state index in [4.69, 9.17) is 9.47 Å². The van der Waals surface area contributed by atoms with Gasteiger partial charge in [-0.3, -0.25) is 9.69 Å². The van der Waals surface area contributed by atoms with Crippen molar-refractivity contribution in [1.82, 2.24) is 9.88 Å². The average molecular weight is 467 g/mol. The van der Waals surface area contributed by atoms with Crippen LogP contribution in [0.2, 0.25) is 0 Å². The molecule has 4 fully saturated rings. The molecule has 8 heteroatoms. The van der Waals surface area contributed by atoms with Crippen LogP contribution in [0.25, 0.3) is 10.8 Å². The van der Waals surface area contributed by atoms with Gasteiger partial charge in [0.1, 0.15) is 5.82 Å². The standard InChI is InChI=1S/C26H34N4O4/c1-17-9-19-13-27-23(28-24(32)20-12-26(20)3-8-33-16-26)11-18(19)10-21(17)29-4-6-30(7-5-29)25(2)15-34-14-22(25)31/h9-11,13,20,22,31H,3-8,12,14-16H2,1-2H3,(H,27,28,32)/t20-,22-,25+,26-/m0/s1. The van der Waals surface area contributed by atoms with E-state index in [2.05, 4.69) is 46.1 Å². The molecule has 1 aromatic carbocycles. The Morgan fingerprint density at radius 2 is 1.97 bits per heavy atom. The minimum absolute atomic E-state index is 0.0445. The van der Waals surface area contributed by atoms with Gasteiger partial charge in [-0.2, -0.15) is 0 Å².